The van der Waals surface area contributed by atoms with E-state index in [4.69, 9.17) is 14.6 Å². The molecule has 0 saturated heterocycles. The Kier molecular flexibility index (Phi) is 3.54. The average molecular weight is 288 g/mol. The lowest BCUT2D eigenvalue weighted by molar-refractivity contribution is 0.430. The molecule has 0 fully saturated rings. The highest BCUT2D eigenvalue weighted by Crippen LogP contribution is 2.27. The van der Waals surface area contributed by atoms with E-state index < -0.39 is 0 Å². The van der Waals surface area contributed by atoms with Gasteiger partial charge in [-0.3, -0.25) is 0 Å². The van der Waals surface area contributed by atoms with Crippen molar-refractivity contribution in [2.24, 2.45) is 5.73 Å². The first-order valence-electron chi connectivity index (χ1n) is 6.44. The highest BCUT2D eigenvalue weighted by Gasteiger charge is 2.14. The zero-order valence-corrected chi connectivity index (χ0v) is 12.2. The van der Waals surface area contributed by atoms with Crippen LogP contribution >= 0.6 is 11.8 Å². The lowest BCUT2D eigenvalue weighted by atomic mass is 10.2. The molecule has 104 valence electrons. The quantitative estimate of drug-likeness (QED) is 0.739. The van der Waals surface area contributed by atoms with Gasteiger partial charge in [-0.25, -0.2) is 4.98 Å². The molecule has 2 N–H and O–H groups in total. The van der Waals surface area contributed by atoms with Crippen molar-refractivity contribution >= 4 is 22.7 Å². The number of fused-ring (bicyclic) bond motifs is 1. The van der Waals surface area contributed by atoms with Crippen molar-refractivity contribution in [3.63, 3.8) is 0 Å². The normalized spacial score (nSPS) is 12.9. The summed E-state index contributed by atoms with van der Waals surface area (Å²) in [6, 6.07) is 9.71. The smallest absolute Gasteiger partial charge is 0.256 e. The van der Waals surface area contributed by atoms with Crippen molar-refractivity contribution in [2.75, 3.05) is 5.75 Å². The third kappa shape index (κ3) is 2.59. The molecule has 3 rings (SSSR count). The first-order chi connectivity index (χ1) is 9.63. The molecule has 1 unspecified atom stereocenters. The van der Waals surface area contributed by atoms with E-state index in [9.17, 15) is 0 Å². The molecule has 1 aromatic carbocycles. The third-order valence-electron chi connectivity index (χ3n) is 3.21. The molecule has 0 spiro atoms. The number of para-hydroxylation sites is 1. The molecule has 2 heterocycles. The molecule has 0 aliphatic rings. The minimum absolute atomic E-state index is 0.181. The Hall–Kier alpha value is -1.72. The standard InChI is InChI=1S/C15H16N2O2S/c1-9-10(2)18-15(17-9)20-8-12(16)14-7-11-5-3-4-6-13(11)19-14/h3-7,12H,8,16H2,1-2H3. The highest BCUT2D eigenvalue weighted by atomic mass is 32.2. The van der Waals surface area contributed by atoms with Crippen LogP contribution in [-0.2, 0) is 0 Å². The summed E-state index contributed by atoms with van der Waals surface area (Å²) in [5.41, 5.74) is 7.96. The maximum Gasteiger partial charge on any atom is 0.256 e. The molecule has 0 aliphatic heterocycles. The summed E-state index contributed by atoms with van der Waals surface area (Å²) >= 11 is 1.51. The molecule has 0 bridgehead atoms. The summed E-state index contributed by atoms with van der Waals surface area (Å²) in [6.45, 7) is 3.84. The van der Waals surface area contributed by atoms with Crippen LogP contribution in [-0.4, -0.2) is 10.7 Å². The van der Waals surface area contributed by atoms with Gasteiger partial charge >= 0.3 is 0 Å². The van der Waals surface area contributed by atoms with E-state index in [1.54, 1.807) is 0 Å². The van der Waals surface area contributed by atoms with Crippen molar-refractivity contribution in [3.05, 3.63) is 47.5 Å². The predicted molar refractivity (Wildman–Crippen MR) is 79.8 cm³/mol. The minimum Gasteiger partial charge on any atom is -0.459 e. The summed E-state index contributed by atoms with van der Waals surface area (Å²) in [5, 5.41) is 1.73. The van der Waals surface area contributed by atoms with Gasteiger partial charge in [0, 0.05) is 11.1 Å². The number of aryl methyl sites for hydroxylation is 2. The molecule has 0 radical (unpaired) electrons. The van der Waals surface area contributed by atoms with E-state index in [-0.39, 0.29) is 6.04 Å². The monoisotopic (exact) mass is 288 g/mol. The number of nitrogens with two attached hydrogens (primary N) is 1. The Morgan fingerprint density at radius 1 is 1.25 bits per heavy atom. The third-order valence-corrected chi connectivity index (χ3v) is 4.15. The van der Waals surface area contributed by atoms with Gasteiger partial charge in [0.1, 0.15) is 17.1 Å². The maximum absolute atomic E-state index is 6.17. The molecular weight excluding hydrogens is 272 g/mol. The van der Waals surface area contributed by atoms with Crippen LogP contribution in [0.2, 0.25) is 0 Å². The zero-order chi connectivity index (χ0) is 14.1. The van der Waals surface area contributed by atoms with Gasteiger partial charge in [0.25, 0.3) is 5.22 Å². The van der Waals surface area contributed by atoms with E-state index in [0.29, 0.717) is 11.0 Å². The molecular formula is C15H16N2O2S. The molecule has 0 amide bonds. The van der Waals surface area contributed by atoms with Crippen LogP contribution in [0.1, 0.15) is 23.3 Å². The zero-order valence-electron chi connectivity index (χ0n) is 11.4. The van der Waals surface area contributed by atoms with E-state index in [1.165, 1.54) is 11.8 Å². The van der Waals surface area contributed by atoms with E-state index in [1.807, 2.05) is 44.2 Å². The van der Waals surface area contributed by atoms with Crippen molar-refractivity contribution < 1.29 is 8.83 Å². The van der Waals surface area contributed by atoms with Gasteiger partial charge in [-0.1, -0.05) is 30.0 Å². The number of rotatable bonds is 4. The molecule has 20 heavy (non-hydrogen) atoms. The van der Waals surface area contributed by atoms with Crippen molar-refractivity contribution in [1.29, 1.82) is 0 Å². The van der Waals surface area contributed by atoms with Gasteiger partial charge in [-0.2, -0.15) is 0 Å². The first-order valence-corrected chi connectivity index (χ1v) is 7.43. The van der Waals surface area contributed by atoms with Crippen molar-refractivity contribution in [2.45, 2.75) is 25.1 Å². The van der Waals surface area contributed by atoms with Crippen LogP contribution in [0.15, 0.2) is 44.4 Å². The fourth-order valence-corrected chi connectivity index (χ4v) is 2.81. The number of hydrogen-bond donors (Lipinski definition) is 1. The van der Waals surface area contributed by atoms with Gasteiger partial charge in [0.2, 0.25) is 0 Å². The van der Waals surface area contributed by atoms with Crippen LogP contribution in [0, 0.1) is 13.8 Å². The SMILES string of the molecule is Cc1nc(SCC(N)c2cc3ccccc3o2)oc1C. The Balaban J connectivity index is 1.70. The van der Waals surface area contributed by atoms with E-state index in [2.05, 4.69) is 4.98 Å². The highest BCUT2D eigenvalue weighted by molar-refractivity contribution is 7.99. The second-order valence-electron chi connectivity index (χ2n) is 4.73. The molecule has 1 atom stereocenters. The van der Waals surface area contributed by atoms with Crippen LogP contribution in [0.4, 0.5) is 0 Å². The Morgan fingerprint density at radius 2 is 2.05 bits per heavy atom. The number of nitrogens with zero attached hydrogens (tertiary/aromatic N) is 1. The summed E-state index contributed by atoms with van der Waals surface area (Å²) in [5.74, 6) is 2.31. The van der Waals surface area contributed by atoms with Crippen molar-refractivity contribution in [1.82, 2.24) is 4.98 Å². The average Bonchev–Trinajstić information content (AvgIpc) is 3.00. The fourth-order valence-electron chi connectivity index (χ4n) is 1.93. The number of hydrogen-bond acceptors (Lipinski definition) is 5. The Labute approximate surface area is 121 Å². The molecule has 4 nitrogen and oxygen atoms in total. The Morgan fingerprint density at radius 3 is 2.75 bits per heavy atom. The minimum atomic E-state index is -0.181. The van der Waals surface area contributed by atoms with Crippen LogP contribution in [0.5, 0.6) is 0 Å². The number of aromatic nitrogens is 1. The molecule has 2 aromatic heterocycles. The van der Waals surface area contributed by atoms with Gasteiger partial charge in [0.15, 0.2) is 0 Å². The molecule has 5 heteroatoms. The van der Waals surface area contributed by atoms with Gasteiger partial charge in [-0.05, 0) is 26.0 Å². The molecule has 0 saturated carbocycles. The van der Waals surface area contributed by atoms with Crippen LogP contribution in [0.3, 0.4) is 0 Å². The van der Waals surface area contributed by atoms with E-state index >= 15 is 0 Å². The van der Waals surface area contributed by atoms with Crippen LogP contribution in [0.25, 0.3) is 11.0 Å². The predicted octanol–water partition coefficient (Wildman–Crippen LogP) is 3.83. The van der Waals surface area contributed by atoms with Crippen LogP contribution < -0.4 is 5.73 Å². The summed E-state index contributed by atoms with van der Waals surface area (Å²) < 4.78 is 11.3. The first kappa shape index (κ1) is 13.3. The van der Waals surface area contributed by atoms with Crippen molar-refractivity contribution in [3.8, 4) is 0 Å². The fraction of sp³-hybridized carbons (Fsp3) is 0.267. The van der Waals surface area contributed by atoms with E-state index in [0.717, 1.165) is 28.2 Å². The molecule has 3 aromatic rings. The topological polar surface area (TPSA) is 65.2 Å². The molecule has 0 aliphatic carbocycles. The largest absolute Gasteiger partial charge is 0.459 e. The van der Waals surface area contributed by atoms with Gasteiger partial charge in [0.05, 0.1) is 11.7 Å². The summed E-state index contributed by atoms with van der Waals surface area (Å²) in [4.78, 5) is 4.33. The second-order valence-corrected chi connectivity index (χ2v) is 5.70. The summed E-state index contributed by atoms with van der Waals surface area (Å²) in [6.07, 6.45) is 0. The number of thioether (sulfide) groups is 1. The lowest BCUT2D eigenvalue weighted by Gasteiger charge is -2.05. The van der Waals surface area contributed by atoms with Gasteiger partial charge in [-0.15, -0.1) is 0 Å². The summed E-state index contributed by atoms with van der Waals surface area (Å²) in [7, 11) is 0. The lowest BCUT2D eigenvalue weighted by Crippen LogP contribution is -2.11. The van der Waals surface area contributed by atoms with Gasteiger partial charge < -0.3 is 14.6 Å². The number of oxazole rings is 1. The number of benzene rings is 1. The maximum atomic E-state index is 6.17. The Bertz CT molecular complexity index is 680. The number of furan rings is 1. The second kappa shape index (κ2) is 5.34.